The second kappa shape index (κ2) is 6.58. The van der Waals surface area contributed by atoms with Gasteiger partial charge in [-0.15, -0.1) is 0 Å². The van der Waals surface area contributed by atoms with Crippen molar-refractivity contribution in [2.45, 2.75) is 33.3 Å². The minimum absolute atomic E-state index is 0.0741. The van der Waals surface area contributed by atoms with Crippen LogP contribution in [0.15, 0.2) is 51.7 Å². The summed E-state index contributed by atoms with van der Waals surface area (Å²) >= 11 is 2.29. The molecule has 0 unspecified atom stereocenters. The molecule has 3 nitrogen and oxygen atoms in total. The maximum Gasteiger partial charge on any atom is 0.344 e. The highest BCUT2D eigenvalue weighted by Crippen LogP contribution is 2.37. The van der Waals surface area contributed by atoms with Crippen LogP contribution in [0.3, 0.4) is 0 Å². The molecular formula is C22H19IO3. The second-order valence-corrected chi connectivity index (χ2v) is 7.86. The smallest absolute Gasteiger partial charge is 0.344 e. The average molecular weight is 458 g/mol. The van der Waals surface area contributed by atoms with Gasteiger partial charge >= 0.3 is 5.63 Å². The largest absolute Gasteiger partial charge is 0.490 e. The minimum atomic E-state index is -0.290. The second-order valence-electron chi connectivity index (χ2n) is 6.70. The molecule has 0 amide bonds. The lowest BCUT2D eigenvalue weighted by Gasteiger charge is -2.14. The van der Waals surface area contributed by atoms with Crippen LogP contribution < -0.4 is 10.4 Å². The van der Waals surface area contributed by atoms with E-state index in [2.05, 4.69) is 41.6 Å². The monoisotopic (exact) mass is 458 g/mol. The molecule has 0 radical (unpaired) electrons. The Hall–Kier alpha value is -2.08. The fourth-order valence-corrected chi connectivity index (χ4v) is 4.10. The molecule has 0 saturated carbocycles. The van der Waals surface area contributed by atoms with Crippen molar-refractivity contribution in [2.75, 3.05) is 0 Å². The highest BCUT2D eigenvalue weighted by Gasteiger charge is 2.15. The Morgan fingerprint density at radius 3 is 2.46 bits per heavy atom. The molecule has 0 N–H and O–H groups in total. The summed E-state index contributed by atoms with van der Waals surface area (Å²) in [5.74, 6) is 0.807. The van der Waals surface area contributed by atoms with Gasteiger partial charge in [0.15, 0.2) is 0 Å². The van der Waals surface area contributed by atoms with Crippen molar-refractivity contribution in [1.29, 1.82) is 0 Å². The molecule has 3 aromatic carbocycles. The standard InChI is InChI=1S/C22H19IO3/c1-4-13-5-6-14-15-7-8-16-19(25-12(2)3)10-9-18(23)20(16)21(15)26-22(24)17(14)11-13/h5-12H,4H2,1-3H3. The van der Waals surface area contributed by atoms with Gasteiger partial charge in [-0.2, -0.15) is 0 Å². The van der Waals surface area contributed by atoms with Gasteiger partial charge in [0.25, 0.3) is 0 Å². The maximum absolute atomic E-state index is 12.7. The highest BCUT2D eigenvalue weighted by atomic mass is 127. The third-order valence-corrected chi connectivity index (χ3v) is 5.50. The minimum Gasteiger partial charge on any atom is -0.490 e. The normalized spacial score (nSPS) is 11.7. The van der Waals surface area contributed by atoms with E-state index >= 15 is 0 Å². The van der Waals surface area contributed by atoms with Crippen LogP contribution in [0.2, 0.25) is 0 Å². The first-order valence-electron chi connectivity index (χ1n) is 8.77. The zero-order valence-electron chi connectivity index (χ0n) is 14.9. The summed E-state index contributed by atoms with van der Waals surface area (Å²) in [5.41, 5.74) is 1.47. The quantitative estimate of drug-likeness (QED) is 0.213. The molecular weight excluding hydrogens is 439 g/mol. The molecule has 1 aromatic heterocycles. The molecule has 0 aliphatic rings. The predicted molar refractivity (Wildman–Crippen MR) is 115 cm³/mol. The van der Waals surface area contributed by atoms with E-state index in [-0.39, 0.29) is 11.7 Å². The molecule has 4 rings (SSSR count). The molecule has 1 heterocycles. The van der Waals surface area contributed by atoms with E-state index in [4.69, 9.17) is 9.15 Å². The van der Waals surface area contributed by atoms with Gasteiger partial charge in [0.2, 0.25) is 0 Å². The third-order valence-electron chi connectivity index (χ3n) is 4.60. The Kier molecular flexibility index (Phi) is 4.39. The lowest BCUT2D eigenvalue weighted by Crippen LogP contribution is -2.06. The van der Waals surface area contributed by atoms with E-state index in [1.54, 1.807) is 0 Å². The van der Waals surface area contributed by atoms with Gasteiger partial charge in [-0.3, -0.25) is 0 Å². The van der Waals surface area contributed by atoms with Gasteiger partial charge in [-0.1, -0.05) is 19.1 Å². The topological polar surface area (TPSA) is 39.4 Å². The van der Waals surface area contributed by atoms with Crippen molar-refractivity contribution in [3.8, 4) is 5.75 Å². The highest BCUT2D eigenvalue weighted by molar-refractivity contribution is 14.1. The van der Waals surface area contributed by atoms with Crippen LogP contribution >= 0.6 is 22.6 Å². The predicted octanol–water partition coefficient (Wildman–Crippen LogP) is 6.05. The third kappa shape index (κ3) is 2.76. The number of aryl methyl sites for hydroxylation is 1. The summed E-state index contributed by atoms with van der Waals surface area (Å²) < 4.78 is 12.8. The van der Waals surface area contributed by atoms with E-state index in [0.29, 0.717) is 11.0 Å². The van der Waals surface area contributed by atoms with Crippen LogP contribution in [0.1, 0.15) is 26.3 Å². The first-order valence-corrected chi connectivity index (χ1v) is 9.84. The summed E-state index contributed by atoms with van der Waals surface area (Å²) in [5, 5.41) is 4.42. The van der Waals surface area contributed by atoms with E-state index < -0.39 is 0 Å². The van der Waals surface area contributed by atoms with Crippen molar-refractivity contribution in [1.82, 2.24) is 0 Å². The molecule has 4 heteroatoms. The van der Waals surface area contributed by atoms with Gasteiger partial charge in [0.1, 0.15) is 11.3 Å². The number of benzene rings is 3. The Labute approximate surface area is 165 Å². The number of hydrogen-bond donors (Lipinski definition) is 0. The number of halogens is 1. The Bertz CT molecular complexity index is 1210. The van der Waals surface area contributed by atoms with Crippen LogP contribution in [-0.2, 0) is 6.42 Å². The summed E-state index contributed by atoms with van der Waals surface area (Å²) in [4.78, 5) is 12.7. The molecule has 0 aliphatic heterocycles. The van der Waals surface area contributed by atoms with Crippen LogP contribution in [0, 0.1) is 3.57 Å². The summed E-state index contributed by atoms with van der Waals surface area (Å²) in [6, 6.07) is 14.1. The van der Waals surface area contributed by atoms with E-state index in [0.717, 1.165) is 42.8 Å². The molecule has 26 heavy (non-hydrogen) atoms. The van der Waals surface area contributed by atoms with Crippen LogP contribution in [0.5, 0.6) is 5.75 Å². The molecule has 0 aliphatic carbocycles. The first kappa shape index (κ1) is 17.3. The maximum atomic E-state index is 12.7. The molecule has 0 fully saturated rings. The fraction of sp³-hybridized carbons (Fsp3) is 0.227. The van der Waals surface area contributed by atoms with Crippen LogP contribution in [0.25, 0.3) is 32.5 Å². The molecule has 0 bridgehead atoms. The van der Waals surface area contributed by atoms with Crippen molar-refractivity contribution in [3.63, 3.8) is 0 Å². The fourth-order valence-electron chi connectivity index (χ4n) is 3.38. The molecule has 0 saturated heterocycles. The van der Waals surface area contributed by atoms with E-state index in [1.165, 1.54) is 0 Å². The van der Waals surface area contributed by atoms with E-state index in [1.807, 2.05) is 44.2 Å². The van der Waals surface area contributed by atoms with Crippen molar-refractivity contribution >= 4 is 55.1 Å². The lowest BCUT2D eigenvalue weighted by atomic mass is 10.0. The SMILES string of the molecule is CCc1ccc2c(c1)c(=O)oc1c2ccc2c(OC(C)C)ccc(I)c21. The zero-order chi connectivity index (χ0) is 18.4. The van der Waals surface area contributed by atoms with Crippen LogP contribution in [-0.4, -0.2) is 6.10 Å². The van der Waals surface area contributed by atoms with Gasteiger partial charge in [-0.25, -0.2) is 4.79 Å². The van der Waals surface area contributed by atoms with Gasteiger partial charge in [0.05, 0.1) is 11.5 Å². The molecule has 0 spiro atoms. The Morgan fingerprint density at radius 2 is 1.73 bits per heavy atom. The summed E-state index contributed by atoms with van der Waals surface area (Å²) in [6.07, 6.45) is 0.962. The van der Waals surface area contributed by atoms with Gasteiger partial charge in [0, 0.05) is 19.7 Å². The number of hydrogen-bond acceptors (Lipinski definition) is 3. The van der Waals surface area contributed by atoms with Crippen molar-refractivity contribution < 1.29 is 9.15 Å². The Morgan fingerprint density at radius 1 is 1.00 bits per heavy atom. The van der Waals surface area contributed by atoms with Gasteiger partial charge in [-0.05, 0) is 84.1 Å². The lowest BCUT2D eigenvalue weighted by molar-refractivity contribution is 0.245. The van der Waals surface area contributed by atoms with Crippen molar-refractivity contribution in [2.24, 2.45) is 0 Å². The number of rotatable bonds is 3. The average Bonchev–Trinajstić information content (AvgIpc) is 2.63. The Balaban J connectivity index is 2.15. The molecule has 4 aromatic rings. The summed E-state index contributed by atoms with van der Waals surface area (Å²) in [6.45, 7) is 6.09. The zero-order valence-corrected chi connectivity index (χ0v) is 17.1. The molecule has 132 valence electrons. The first-order chi connectivity index (χ1) is 12.5. The van der Waals surface area contributed by atoms with E-state index in [9.17, 15) is 4.79 Å². The van der Waals surface area contributed by atoms with Gasteiger partial charge < -0.3 is 9.15 Å². The number of ether oxygens (including phenoxy) is 1. The molecule has 0 atom stereocenters. The van der Waals surface area contributed by atoms with Crippen molar-refractivity contribution in [3.05, 3.63) is 62.0 Å². The summed E-state index contributed by atoms with van der Waals surface area (Å²) in [7, 11) is 0. The van der Waals surface area contributed by atoms with Crippen LogP contribution in [0.4, 0.5) is 0 Å². The number of fused-ring (bicyclic) bond motifs is 5.